The number of carbonyl (C=O) groups excluding carboxylic acids is 1. The minimum atomic E-state index is -0.427. The molecule has 1 heterocycles. The lowest BCUT2D eigenvalue weighted by Gasteiger charge is -2.21. The number of nitrogens with one attached hydrogen (secondary N) is 1. The molecule has 0 aliphatic rings. The van der Waals surface area contributed by atoms with E-state index in [1.165, 1.54) is 0 Å². The normalized spacial score (nSPS) is 10.5. The van der Waals surface area contributed by atoms with Crippen LogP contribution in [0.5, 0.6) is 6.01 Å². The van der Waals surface area contributed by atoms with E-state index in [4.69, 9.17) is 10.5 Å². The third kappa shape index (κ3) is 5.80. The molecule has 118 valence electrons. The molecule has 21 heavy (non-hydrogen) atoms. The summed E-state index contributed by atoms with van der Waals surface area (Å²) in [4.78, 5) is 25.6. The van der Waals surface area contributed by atoms with Crippen molar-refractivity contribution in [3.05, 3.63) is 0 Å². The van der Waals surface area contributed by atoms with E-state index in [1.807, 2.05) is 13.8 Å². The van der Waals surface area contributed by atoms with Crippen LogP contribution in [0.3, 0.4) is 0 Å². The van der Waals surface area contributed by atoms with Crippen molar-refractivity contribution in [2.24, 2.45) is 5.73 Å². The number of unbranched alkanes of at least 4 members (excludes halogenated alkanes) is 1. The fourth-order valence-corrected chi connectivity index (χ4v) is 1.65. The summed E-state index contributed by atoms with van der Waals surface area (Å²) < 4.78 is 5.51. The van der Waals surface area contributed by atoms with Crippen molar-refractivity contribution in [1.29, 1.82) is 0 Å². The van der Waals surface area contributed by atoms with E-state index < -0.39 is 5.91 Å². The molecule has 0 bridgehead atoms. The van der Waals surface area contributed by atoms with E-state index in [9.17, 15) is 4.79 Å². The highest BCUT2D eigenvalue weighted by Gasteiger charge is 2.16. The second kappa shape index (κ2) is 8.23. The average molecular weight is 296 g/mol. The third-order valence-corrected chi connectivity index (χ3v) is 2.58. The van der Waals surface area contributed by atoms with Crippen LogP contribution in [-0.2, 0) is 4.79 Å². The number of primary amides is 1. The van der Waals surface area contributed by atoms with Gasteiger partial charge in [0.1, 0.15) is 0 Å². The van der Waals surface area contributed by atoms with E-state index in [1.54, 1.807) is 11.9 Å². The van der Waals surface area contributed by atoms with E-state index >= 15 is 0 Å². The zero-order valence-electron chi connectivity index (χ0n) is 13.1. The summed E-state index contributed by atoms with van der Waals surface area (Å²) in [5, 5.41) is 2.86. The topological polar surface area (TPSA) is 106 Å². The van der Waals surface area contributed by atoms with Gasteiger partial charge in [0, 0.05) is 13.6 Å². The molecule has 0 saturated carbocycles. The highest BCUT2D eigenvalue weighted by molar-refractivity contribution is 5.78. The summed E-state index contributed by atoms with van der Waals surface area (Å²) in [5.41, 5.74) is 5.29. The lowest BCUT2D eigenvalue weighted by Crippen LogP contribution is -2.36. The Bertz CT molecular complexity index is 466. The molecule has 0 spiro atoms. The summed E-state index contributed by atoms with van der Waals surface area (Å²) in [5.74, 6) is 0.350. The van der Waals surface area contributed by atoms with Crippen LogP contribution in [-0.4, -0.2) is 47.1 Å². The molecule has 0 atom stereocenters. The summed E-state index contributed by atoms with van der Waals surface area (Å²) in [6, 6.07) is 0.227. The zero-order chi connectivity index (χ0) is 15.8. The third-order valence-electron chi connectivity index (χ3n) is 2.58. The zero-order valence-corrected chi connectivity index (χ0v) is 13.1. The first kappa shape index (κ1) is 16.9. The Morgan fingerprint density at radius 1 is 1.38 bits per heavy atom. The van der Waals surface area contributed by atoms with Crippen LogP contribution in [0.2, 0.25) is 0 Å². The molecule has 0 aliphatic carbocycles. The summed E-state index contributed by atoms with van der Waals surface area (Å²) in [6.45, 7) is 6.56. The second-order valence-corrected chi connectivity index (χ2v) is 4.90. The van der Waals surface area contributed by atoms with Crippen LogP contribution in [0.25, 0.3) is 0 Å². The first-order chi connectivity index (χ1) is 9.96. The Labute approximate surface area is 125 Å². The summed E-state index contributed by atoms with van der Waals surface area (Å²) in [6.07, 6.45) is 1.85. The monoisotopic (exact) mass is 296 g/mol. The molecule has 0 saturated heterocycles. The van der Waals surface area contributed by atoms with Gasteiger partial charge < -0.3 is 20.7 Å². The molecule has 0 radical (unpaired) electrons. The maximum absolute atomic E-state index is 11.2. The van der Waals surface area contributed by atoms with Gasteiger partial charge in [-0.1, -0.05) is 13.3 Å². The van der Waals surface area contributed by atoms with Crippen molar-refractivity contribution in [3.63, 3.8) is 0 Å². The number of carbonyl (C=O) groups is 1. The van der Waals surface area contributed by atoms with Gasteiger partial charge in [0.05, 0.1) is 12.6 Å². The first-order valence-corrected chi connectivity index (χ1v) is 7.10. The van der Waals surface area contributed by atoms with Gasteiger partial charge in [0.2, 0.25) is 17.8 Å². The molecule has 0 aromatic carbocycles. The number of nitrogens with zero attached hydrogens (tertiary/aromatic N) is 4. The molecular weight excluding hydrogens is 272 g/mol. The highest BCUT2D eigenvalue weighted by Crippen LogP contribution is 2.16. The summed E-state index contributed by atoms with van der Waals surface area (Å²) in [7, 11) is 1.71. The SMILES string of the molecule is CCCCN(CC(N)=O)c1nc(NC)nc(OC(C)C)n1. The van der Waals surface area contributed by atoms with Gasteiger partial charge in [-0.3, -0.25) is 4.79 Å². The van der Waals surface area contributed by atoms with Gasteiger partial charge in [0.15, 0.2) is 0 Å². The van der Waals surface area contributed by atoms with E-state index in [2.05, 4.69) is 27.2 Å². The number of aromatic nitrogens is 3. The standard InChI is InChI=1S/C13H24N6O2/c1-5-6-7-19(8-10(14)20)12-16-11(15-4)17-13(18-12)21-9(2)3/h9H,5-8H2,1-4H3,(H2,14,20)(H,15,16,17,18). The van der Waals surface area contributed by atoms with Crippen molar-refractivity contribution >= 4 is 17.8 Å². The van der Waals surface area contributed by atoms with Crippen molar-refractivity contribution in [1.82, 2.24) is 15.0 Å². The van der Waals surface area contributed by atoms with Crippen molar-refractivity contribution in [3.8, 4) is 6.01 Å². The first-order valence-electron chi connectivity index (χ1n) is 7.10. The van der Waals surface area contributed by atoms with Crippen molar-refractivity contribution in [2.45, 2.75) is 39.7 Å². The lowest BCUT2D eigenvalue weighted by atomic mass is 10.3. The molecule has 1 amide bonds. The van der Waals surface area contributed by atoms with Crippen molar-refractivity contribution in [2.75, 3.05) is 30.4 Å². The highest BCUT2D eigenvalue weighted by atomic mass is 16.5. The maximum atomic E-state index is 11.2. The Hall–Kier alpha value is -2.12. The summed E-state index contributed by atoms with van der Waals surface area (Å²) >= 11 is 0. The maximum Gasteiger partial charge on any atom is 0.323 e. The fourth-order valence-electron chi connectivity index (χ4n) is 1.65. The largest absolute Gasteiger partial charge is 0.461 e. The minimum absolute atomic E-state index is 0.0508. The van der Waals surface area contributed by atoms with Gasteiger partial charge >= 0.3 is 6.01 Å². The number of hydrogen-bond acceptors (Lipinski definition) is 7. The van der Waals surface area contributed by atoms with Crippen LogP contribution >= 0.6 is 0 Å². The number of nitrogens with two attached hydrogens (primary N) is 1. The van der Waals surface area contributed by atoms with Crippen LogP contribution in [0.1, 0.15) is 33.6 Å². The van der Waals surface area contributed by atoms with Gasteiger partial charge in [-0.15, -0.1) is 0 Å². The predicted octanol–water partition coefficient (Wildman–Crippen LogP) is 0.792. The quantitative estimate of drug-likeness (QED) is 0.694. The molecular formula is C13H24N6O2. The van der Waals surface area contributed by atoms with Crippen LogP contribution in [0, 0.1) is 0 Å². The van der Waals surface area contributed by atoms with Crippen LogP contribution in [0.15, 0.2) is 0 Å². The molecule has 8 heteroatoms. The van der Waals surface area contributed by atoms with E-state index in [-0.39, 0.29) is 18.7 Å². The smallest absolute Gasteiger partial charge is 0.323 e. The Morgan fingerprint density at radius 2 is 2.10 bits per heavy atom. The van der Waals surface area contributed by atoms with E-state index in [0.717, 1.165) is 12.8 Å². The predicted molar refractivity (Wildman–Crippen MR) is 81.5 cm³/mol. The second-order valence-electron chi connectivity index (χ2n) is 4.90. The van der Waals surface area contributed by atoms with Gasteiger partial charge in [-0.2, -0.15) is 15.0 Å². The van der Waals surface area contributed by atoms with Crippen LogP contribution in [0.4, 0.5) is 11.9 Å². The van der Waals surface area contributed by atoms with Gasteiger partial charge in [-0.25, -0.2) is 0 Å². The molecule has 1 aromatic heterocycles. The Kier molecular flexibility index (Phi) is 6.64. The Balaban J connectivity index is 3.06. The average Bonchev–Trinajstić information content (AvgIpc) is 2.41. The molecule has 1 rings (SSSR count). The van der Waals surface area contributed by atoms with Gasteiger partial charge in [0.25, 0.3) is 0 Å². The molecule has 1 aromatic rings. The molecule has 0 fully saturated rings. The number of ether oxygens (including phenoxy) is 1. The number of rotatable bonds is 9. The molecule has 0 unspecified atom stereocenters. The molecule has 3 N–H and O–H groups in total. The van der Waals surface area contributed by atoms with Gasteiger partial charge in [-0.05, 0) is 20.3 Å². The number of anilines is 2. The van der Waals surface area contributed by atoms with Crippen molar-refractivity contribution < 1.29 is 9.53 Å². The Morgan fingerprint density at radius 3 is 2.62 bits per heavy atom. The van der Waals surface area contributed by atoms with E-state index in [0.29, 0.717) is 18.4 Å². The number of amides is 1. The number of hydrogen-bond donors (Lipinski definition) is 2. The minimum Gasteiger partial charge on any atom is -0.461 e. The molecule has 8 nitrogen and oxygen atoms in total. The van der Waals surface area contributed by atoms with Crippen LogP contribution < -0.4 is 20.7 Å². The molecule has 0 aliphatic heterocycles. The lowest BCUT2D eigenvalue weighted by molar-refractivity contribution is -0.116. The fraction of sp³-hybridized carbons (Fsp3) is 0.692.